The van der Waals surface area contributed by atoms with Crippen LogP contribution in [0.2, 0.25) is 0 Å². The van der Waals surface area contributed by atoms with Gasteiger partial charge in [0.2, 0.25) is 0 Å². The molecule has 1 aliphatic rings. The van der Waals surface area contributed by atoms with Crippen LogP contribution < -0.4 is 0 Å². The van der Waals surface area contributed by atoms with Crippen molar-refractivity contribution in [3.8, 4) is 5.75 Å². The molecule has 0 amide bonds. The maximum absolute atomic E-state index is 12.0. The van der Waals surface area contributed by atoms with E-state index in [0.717, 1.165) is 24.9 Å². The van der Waals surface area contributed by atoms with Crippen molar-refractivity contribution < 1.29 is 9.90 Å². The van der Waals surface area contributed by atoms with Crippen LogP contribution in [0.15, 0.2) is 24.3 Å². The topological polar surface area (TPSA) is 40.5 Å². The van der Waals surface area contributed by atoms with Crippen LogP contribution in [0.1, 0.15) is 18.4 Å². The summed E-state index contributed by atoms with van der Waals surface area (Å²) in [7, 11) is 1.99. The Balaban J connectivity index is 2.05. The maximum atomic E-state index is 12.0. The minimum atomic E-state index is 0.0413. The molecule has 1 aromatic rings. The van der Waals surface area contributed by atoms with Gasteiger partial charge in [-0.3, -0.25) is 9.69 Å². The fourth-order valence-corrected chi connectivity index (χ4v) is 2.28. The van der Waals surface area contributed by atoms with Gasteiger partial charge < -0.3 is 5.11 Å². The number of carbonyl (C=O) groups excluding carboxylic acids is 1. The summed E-state index contributed by atoms with van der Waals surface area (Å²) in [6.07, 6.45) is 2.37. The van der Waals surface area contributed by atoms with Crippen LogP contribution >= 0.6 is 0 Å². The third kappa shape index (κ3) is 2.25. The molecule has 3 nitrogen and oxygen atoms in total. The number of rotatable bonds is 3. The van der Waals surface area contributed by atoms with Gasteiger partial charge in [0.1, 0.15) is 5.75 Å². The lowest BCUT2D eigenvalue weighted by Crippen LogP contribution is -2.33. The Morgan fingerprint density at radius 3 is 2.88 bits per heavy atom. The average molecular weight is 219 g/mol. The smallest absolute Gasteiger partial charge is 0.154 e. The first-order chi connectivity index (χ1) is 7.68. The number of hydrogen-bond donors (Lipinski definition) is 1. The first-order valence-corrected chi connectivity index (χ1v) is 5.68. The summed E-state index contributed by atoms with van der Waals surface area (Å²) >= 11 is 0. The first-order valence-electron chi connectivity index (χ1n) is 5.68. The predicted molar refractivity (Wildman–Crippen MR) is 62.5 cm³/mol. The molecule has 1 heterocycles. The number of benzene rings is 1. The van der Waals surface area contributed by atoms with Crippen LogP contribution in [-0.4, -0.2) is 35.4 Å². The second kappa shape index (κ2) is 4.66. The third-order valence-corrected chi connectivity index (χ3v) is 3.25. The van der Waals surface area contributed by atoms with Crippen molar-refractivity contribution in [2.75, 3.05) is 13.6 Å². The molecule has 3 heteroatoms. The lowest BCUT2D eigenvalue weighted by molar-refractivity contribution is -0.122. The quantitative estimate of drug-likeness (QED) is 0.839. The van der Waals surface area contributed by atoms with E-state index in [4.69, 9.17) is 0 Å². The average Bonchev–Trinajstić information content (AvgIpc) is 2.68. The van der Waals surface area contributed by atoms with Gasteiger partial charge in [0.25, 0.3) is 0 Å². The number of phenolic OH excluding ortho intramolecular Hbond substituents is 1. The number of carbonyl (C=O) groups is 1. The highest BCUT2D eigenvalue weighted by Crippen LogP contribution is 2.21. The van der Waals surface area contributed by atoms with Crippen LogP contribution in [0.4, 0.5) is 0 Å². The third-order valence-electron chi connectivity index (χ3n) is 3.25. The van der Waals surface area contributed by atoms with Gasteiger partial charge in [-0.25, -0.2) is 0 Å². The zero-order chi connectivity index (χ0) is 11.5. The summed E-state index contributed by atoms with van der Waals surface area (Å²) in [5, 5.41) is 9.60. The van der Waals surface area contributed by atoms with Crippen LogP contribution in [0.3, 0.4) is 0 Å². The number of likely N-dealkylation sites (N-methyl/N-ethyl adjacent to an activating group) is 1. The maximum Gasteiger partial charge on any atom is 0.154 e. The zero-order valence-electron chi connectivity index (χ0n) is 9.52. The van der Waals surface area contributed by atoms with Crippen molar-refractivity contribution >= 4 is 5.78 Å². The molecule has 1 aromatic carbocycles. The molecule has 0 saturated carbocycles. The second-order valence-electron chi connectivity index (χ2n) is 4.41. The molecule has 1 aliphatic heterocycles. The number of likely N-dealkylation sites (tertiary alicyclic amines) is 1. The van der Waals surface area contributed by atoms with Gasteiger partial charge in [-0.2, -0.15) is 0 Å². The highest BCUT2D eigenvalue weighted by atomic mass is 16.3. The Kier molecular flexibility index (Phi) is 3.25. The molecule has 1 unspecified atom stereocenters. The summed E-state index contributed by atoms with van der Waals surface area (Å²) in [6, 6.07) is 7.09. The van der Waals surface area contributed by atoms with Crippen LogP contribution in [0.25, 0.3) is 0 Å². The molecule has 0 radical (unpaired) electrons. The molecule has 1 atom stereocenters. The summed E-state index contributed by atoms with van der Waals surface area (Å²) in [6.45, 7) is 0.997. The summed E-state index contributed by atoms with van der Waals surface area (Å²) in [5.41, 5.74) is 0.729. The molecule has 2 rings (SSSR count). The van der Waals surface area contributed by atoms with E-state index in [9.17, 15) is 9.90 Å². The fourth-order valence-electron chi connectivity index (χ4n) is 2.28. The van der Waals surface area contributed by atoms with Crippen LogP contribution in [-0.2, 0) is 11.2 Å². The van der Waals surface area contributed by atoms with E-state index in [-0.39, 0.29) is 17.6 Å². The molecule has 0 aromatic heterocycles. The van der Waals surface area contributed by atoms with Gasteiger partial charge in [0.05, 0.1) is 6.04 Å². The molecule has 16 heavy (non-hydrogen) atoms. The van der Waals surface area contributed by atoms with Crippen molar-refractivity contribution in [2.24, 2.45) is 0 Å². The summed E-state index contributed by atoms with van der Waals surface area (Å²) in [4.78, 5) is 14.1. The van der Waals surface area contributed by atoms with E-state index >= 15 is 0 Å². The minimum Gasteiger partial charge on any atom is -0.508 e. The number of hydrogen-bond acceptors (Lipinski definition) is 3. The van der Waals surface area contributed by atoms with Crippen molar-refractivity contribution in [2.45, 2.75) is 25.3 Å². The normalized spacial score (nSPS) is 21.2. The predicted octanol–water partition coefficient (Wildman–Crippen LogP) is 1.60. The molecule has 0 bridgehead atoms. The van der Waals surface area contributed by atoms with Crippen molar-refractivity contribution in [1.82, 2.24) is 4.90 Å². The lowest BCUT2D eigenvalue weighted by atomic mass is 10.0. The number of phenols is 1. The molecule has 0 spiro atoms. The van der Waals surface area contributed by atoms with E-state index in [1.54, 1.807) is 12.1 Å². The first kappa shape index (κ1) is 11.1. The van der Waals surface area contributed by atoms with E-state index in [1.165, 1.54) is 0 Å². The number of nitrogens with zero attached hydrogens (tertiary/aromatic N) is 1. The van der Waals surface area contributed by atoms with Gasteiger partial charge in [-0.05, 0) is 32.5 Å². The van der Waals surface area contributed by atoms with Gasteiger partial charge in [-0.15, -0.1) is 0 Å². The molecule has 1 fully saturated rings. The van der Waals surface area contributed by atoms with Crippen molar-refractivity contribution in [3.63, 3.8) is 0 Å². The monoisotopic (exact) mass is 219 g/mol. The molecule has 1 saturated heterocycles. The van der Waals surface area contributed by atoms with E-state index in [0.29, 0.717) is 6.42 Å². The van der Waals surface area contributed by atoms with Crippen molar-refractivity contribution in [1.29, 1.82) is 0 Å². The zero-order valence-corrected chi connectivity index (χ0v) is 9.52. The van der Waals surface area contributed by atoms with Crippen LogP contribution in [0, 0.1) is 0 Å². The number of para-hydroxylation sites is 1. The summed E-state index contributed by atoms with van der Waals surface area (Å²) in [5.74, 6) is 0.429. The number of Topliss-reactive ketones (excluding diaryl/α,β-unsaturated/α-hetero) is 1. The Labute approximate surface area is 95.7 Å². The minimum absolute atomic E-state index is 0.0413. The molecule has 86 valence electrons. The number of aromatic hydroxyl groups is 1. The van der Waals surface area contributed by atoms with Gasteiger partial charge >= 0.3 is 0 Å². The van der Waals surface area contributed by atoms with Gasteiger partial charge in [0.15, 0.2) is 5.78 Å². The Morgan fingerprint density at radius 2 is 2.25 bits per heavy atom. The standard InChI is InChI=1S/C13H17NO2/c1-14-8-4-6-11(14)13(16)9-10-5-2-3-7-12(10)15/h2-3,5,7,11,15H,4,6,8-9H2,1H3. The lowest BCUT2D eigenvalue weighted by Gasteiger charge is -2.18. The molecule has 0 aliphatic carbocycles. The highest BCUT2D eigenvalue weighted by molar-refractivity contribution is 5.86. The van der Waals surface area contributed by atoms with Crippen molar-refractivity contribution in [3.05, 3.63) is 29.8 Å². The van der Waals surface area contributed by atoms with E-state index < -0.39 is 0 Å². The largest absolute Gasteiger partial charge is 0.508 e. The van der Waals surface area contributed by atoms with Gasteiger partial charge in [-0.1, -0.05) is 18.2 Å². The second-order valence-corrected chi connectivity index (χ2v) is 4.41. The molecular weight excluding hydrogens is 202 g/mol. The molecule has 1 N–H and O–H groups in total. The summed E-state index contributed by atoms with van der Waals surface area (Å²) < 4.78 is 0. The number of ketones is 1. The van der Waals surface area contributed by atoms with Gasteiger partial charge in [0, 0.05) is 12.0 Å². The van der Waals surface area contributed by atoms with E-state index in [2.05, 4.69) is 4.90 Å². The van der Waals surface area contributed by atoms with Crippen LogP contribution in [0.5, 0.6) is 5.75 Å². The Bertz CT molecular complexity index is 389. The van der Waals surface area contributed by atoms with E-state index in [1.807, 2.05) is 19.2 Å². The Hall–Kier alpha value is -1.35. The fraction of sp³-hybridized carbons (Fsp3) is 0.462. The highest BCUT2D eigenvalue weighted by Gasteiger charge is 2.27. The Morgan fingerprint density at radius 1 is 1.50 bits per heavy atom. The molecular formula is C13H17NO2. The SMILES string of the molecule is CN1CCCC1C(=O)Cc1ccccc1O.